The number of nitrogens with zero attached hydrogens (tertiary/aromatic N) is 2. The molecule has 0 aliphatic carbocycles. The highest BCUT2D eigenvalue weighted by molar-refractivity contribution is 5.51. The highest BCUT2D eigenvalue weighted by atomic mass is 19.1. The second kappa shape index (κ2) is 6.00. The summed E-state index contributed by atoms with van der Waals surface area (Å²) in [4.78, 5) is 8.30. The molecule has 0 aliphatic rings. The Labute approximate surface area is 131 Å². The molecule has 116 valence electrons. The molecule has 2 aromatic carbocycles. The van der Waals surface area contributed by atoms with Crippen molar-refractivity contribution < 1.29 is 8.78 Å². The molecule has 0 saturated heterocycles. The lowest BCUT2D eigenvalue weighted by atomic mass is 9.88. The van der Waals surface area contributed by atoms with Gasteiger partial charge in [0.25, 0.3) is 0 Å². The molecule has 0 amide bonds. The Morgan fingerprint density at radius 3 is 1.70 bits per heavy atom. The third kappa shape index (κ3) is 3.11. The Bertz CT molecular complexity index is 772. The van der Waals surface area contributed by atoms with Crippen molar-refractivity contribution in [2.75, 3.05) is 11.5 Å². The van der Waals surface area contributed by atoms with Crippen LogP contribution in [0.1, 0.15) is 22.7 Å². The number of nitrogen functional groups attached to an aromatic ring is 2. The maximum atomic E-state index is 13.2. The molecule has 23 heavy (non-hydrogen) atoms. The van der Waals surface area contributed by atoms with E-state index in [1.807, 2.05) is 0 Å². The predicted molar refractivity (Wildman–Crippen MR) is 84.6 cm³/mol. The summed E-state index contributed by atoms with van der Waals surface area (Å²) < 4.78 is 26.4. The van der Waals surface area contributed by atoms with Gasteiger partial charge in [-0.05, 0) is 35.4 Å². The van der Waals surface area contributed by atoms with Gasteiger partial charge in [-0.3, -0.25) is 4.98 Å². The standard InChI is InChI=1S/C17H14F2N4/c18-12-5-1-10(2-6-12)15(11-3-7-13(19)8-4-11)16-17(21)23-14(20)9-22-16/h1-9,15H,(H4,20,21,23). The molecule has 1 heterocycles. The molecule has 0 bridgehead atoms. The Morgan fingerprint density at radius 2 is 1.26 bits per heavy atom. The average molecular weight is 312 g/mol. The van der Waals surface area contributed by atoms with Gasteiger partial charge in [0.05, 0.1) is 17.8 Å². The van der Waals surface area contributed by atoms with Gasteiger partial charge in [0, 0.05) is 0 Å². The molecule has 0 aliphatic heterocycles. The van der Waals surface area contributed by atoms with Crippen LogP contribution in [0.3, 0.4) is 0 Å². The summed E-state index contributed by atoms with van der Waals surface area (Å²) in [6.45, 7) is 0. The molecule has 6 heteroatoms. The van der Waals surface area contributed by atoms with Gasteiger partial charge in [0.2, 0.25) is 0 Å². The van der Waals surface area contributed by atoms with Crippen LogP contribution in [0.5, 0.6) is 0 Å². The number of benzene rings is 2. The van der Waals surface area contributed by atoms with Gasteiger partial charge in [-0.1, -0.05) is 24.3 Å². The van der Waals surface area contributed by atoms with Crippen molar-refractivity contribution in [3.8, 4) is 0 Å². The fourth-order valence-corrected chi connectivity index (χ4v) is 2.47. The van der Waals surface area contributed by atoms with E-state index in [1.54, 1.807) is 24.3 Å². The molecule has 0 atom stereocenters. The van der Waals surface area contributed by atoms with Crippen molar-refractivity contribution in [3.05, 3.63) is 83.2 Å². The van der Waals surface area contributed by atoms with Crippen LogP contribution in [0.15, 0.2) is 54.7 Å². The highest BCUT2D eigenvalue weighted by Gasteiger charge is 2.21. The predicted octanol–water partition coefficient (Wildman–Crippen LogP) is 3.10. The first kappa shape index (κ1) is 14.9. The van der Waals surface area contributed by atoms with Crippen LogP contribution < -0.4 is 11.5 Å². The number of hydrogen-bond donors (Lipinski definition) is 2. The van der Waals surface area contributed by atoms with Crippen molar-refractivity contribution in [3.63, 3.8) is 0 Å². The summed E-state index contributed by atoms with van der Waals surface area (Å²) in [5.74, 6) is -0.693. The summed E-state index contributed by atoms with van der Waals surface area (Å²) in [6.07, 6.45) is 1.41. The van der Waals surface area contributed by atoms with Crippen LogP contribution >= 0.6 is 0 Å². The SMILES string of the molecule is Nc1cnc(C(c2ccc(F)cc2)c2ccc(F)cc2)c(N)n1. The minimum absolute atomic E-state index is 0.184. The van der Waals surface area contributed by atoms with Crippen LogP contribution in [-0.4, -0.2) is 9.97 Å². The fourth-order valence-electron chi connectivity index (χ4n) is 2.47. The number of halogens is 2. The molecule has 0 radical (unpaired) electrons. The largest absolute Gasteiger partial charge is 0.382 e. The molecule has 0 spiro atoms. The van der Waals surface area contributed by atoms with E-state index in [1.165, 1.54) is 30.5 Å². The van der Waals surface area contributed by atoms with Gasteiger partial charge in [-0.2, -0.15) is 0 Å². The minimum Gasteiger partial charge on any atom is -0.382 e. The second-order valence-electron chi connectivity index (χ2n) is 5.10. The van der Waals surface area contributed by atoms with E-state index < -0.39 is 5.92 Å². The monoisotopic (exact) mass is 312 g/mol. The Kier molecular flexibility index (Phi) is 3.89. The van der Waals surface area contributed by atoms with Crippen LogP contribution in [0, 0.1) is 11.6 Å². The number of hydrogen-bond acceptors (Lipinski definition) is 4. The topological polar surface area (TPSA) is 77.8 Å². The molecule has 1 aromatic heterocycles. The molecular weight excluding hydrogens is 298 g/mol. The summed E-state index contributed by atoms with van der Waals surface area (Å²) in [5.41, 5.74) is 13.6. The quantitative estimate of drug-likeness (QED) is 0.779. The summed E-state index contributed by atoms with van der Waals surface area (Å²) in [6, 6.07) is 12.0. The Hall–Kier alpha value is -3.02. The van der Waals surface area contributed by atoms with Crippen molar-refractivity contribution in [1.82, 2.24) is 9.97 Å². The zero-order chi connectivity index (χ0) is 16.4. The fraction of sp³-hybridized carbons (Fsp3) is 0.0588. The lowest BCUT2D eigenvalue weighted by Gasteiger charge is -2.19. The number of nitrogens with two attached hydrogens (primary N) is 2. The van der Waals surface area contributed by atoms with Gasteiger partial charge in [0.15, 0.2) is 0 Å². The van der Waals surface area contributed by atoms with Crippen molar-refractivity contribution in [2.45, 2.75) is 5.92 Å². The van der Waals surface area contributed by atoms with Crippen LogP contribution in [0.25, 0.3) is 0 Å². The molecule has 3 rings (SSSR count). The molecule has 0 fully saturated rings. The molecular formula is C17H14F2N4. The second-order valence-corrected chi connectivity index (χ2v) is 5.10. The number of aromatic nitrogens is 2. The highest BCUT2D eigenvalue weighted by Crippen LogP contribution is 2.33. The molecule has 4 N–H and O–H groups in total. The van der Waals surface area contributed by atoms with Gasteiger partial charge in [-0.25, -0.2) is 13.8 Å². The maximum Gasteiger partial charge on any atom is 0.148 e. The smallest absolute Gasteiger partial charge is 0.148 e. The average Bonchev–Trinajstić information content (AvgIpc) is 2.53. The Balaban J connectivity index is 2.16. The first-order chi connectivity index (χ1) is 11.0. The molecule has 0 saturated carbocycles. The van der Waals surface area contributed by atoms with E-state index >= 15 is 0 Å². The first-order valence-electron chi connectivity index (χ1n) is 6.93. The summed E-state index contributed by atoms with van der Waals surface area (Å²) >= 11 is 0. The van der Waals surface area contributed by atoms with Crippen LogP contribution in [-0.2, 0) is 0 Å². The van der Waals surface area contributed by atoms with E-state index in [2.05, 4.69) is 9.97 Å². The van der Waals surface area contributed by atoms with Gasteiger partial charge in [-0.15, -0.1) is 0 Å². The zero-order valence-electron chi connectivity index (χ0n) is 12.1. The first-order valence-corrected chi connectivity index (χ1v) is 6.93. The van der Waals surface area contributed by atoms with Gasteiger partial charge >= 0.3 is 0 Å². The molecule has 3 aromatic rings. The minimum atomic E-state index is -0.399. The Morgan fingerprint density at radius 1 is 0.783 bits per heavy atom. The van der Waals surface area contributed by atoms with E-state index in [9.17, 15) is 8.78 Å². The van der Waals surface area contributed by atoms with Gasteiger partial charge in [0.1, 0.15) is 23.3 Å². The lowest BCUT2D eigenvalue weighted by Crippen LogP contribution is -2.11. The van der Waals surface area contributed by atoms with E-state index in [4.69, 9.17) is 11.5 Å². The summed E-state index contributed by atoms with van der Waals surface area (Å²) in [7, 11) is 0. The number of rotatable bonds is 3. The molecule has 4 nitrogen and oxygen atoms in total. The van der Waals surface area contributed by atoms with Crippen molar-refractivity contribution in [2.24, 2.45) is 0 Å². The van der Waals surface area contributed by atoms with Crippen LogP contribution in [0.2, 0.25) is 0 Å². The number of anilines is 2. The van der Waals surface area contributed by atoms with Crippen molar-refractivity contribution in [1.29, 1.82) is 0 Å². The van der Waals surface area contributed by atoms with Crippen molar-refractivity contribution >= 4 is 11.6 Å². The third-order valence-electron chi connectivity index (χ3n) is 3.53. The van der Waals surface area contributed by atoms with E-state index in [0.717, 1.165) is 11.1 Å². The third-order valence-corrected chi connectivity index (χ3v) is 3.53. The molecule has 0 unspecified atom stereocenters. The zero-order valence-corrected chi connectivity index (χ0v) is 12.1. The van der Waals surface area contributed by atoms with Gasteiger partial charge < -0.3 is 11.5 Å². The van der Waals surface area contributed by atoms with E-state index in [-0.39, 0.29) is 23.3 Å². The van der Waals surface area contributed by atoms with E-state index in [0.29, 0.717) is 5.69 Å². The lowest BCUT2D eigenvalue weighted by molar-refractivity contribution is 0.626. The normalized spacial score (nSPS) is 10.9. The maximum absolute atomic E-state index is 13.2. The summed E-state index contributed by atoms with van der Waals surface area (Å²) in [5, 5.41) is 0. The van der Waals surface area contributed by atoms with Crippen LogP contribution in [0.4, 0.5) is 20.4 Å².